The quantitative estimate of drug-likeness (QED) is 0.838. The fourth-order valence-corrected chi connectivity index (χ4v) is 3.86. The number of rotatable bonds is 5. The van der Waals surface area contributed by atoms with Crippen LogP contribution in [0.15, 0.2) is 12.1 Å². The molecule has 1 saturated heterocycles. The van der Waals surface area contributed by atoms with E-state index in [4.69, 9.17) is 16.6 Å². The molecule has 0 spiro atoms. The van der Waals surface area contributed by atoms with E-state index in [1.54, 1.807) is 0 Å². The van der Waals surface area contributed by atoms with E-state index < -0.39 is 0 Å². The Bertz CT molecular complexity index is 677. The zero-order valence-corrected chi connectivity index (χ0v) is 13.9. The molecule has 22 heavy (non-hydrogen) atoms. The summed E-state index contributed by atoms with van der Waals surface area (Å²) in [7, 11) is 0. The van der Waals surface area contributed by atoms with Crippen molar-refractivity contribution in [1.82, 2.24) is 19.5 Å². The van der Waals surface area contributed by atoms with Crippen LogP contribution in [0.5, 0.6) is 0 Å². The molecule has 2 aromatic heterocycles. The molecule has 0 amide bonds. The molecule has 1 atom stereocenters. The number of halogens is 1. The third-order valence-electron chi connectivity index (χ3n) is 4.97. The Balaban J connectivity index is 1.62. The first-order valence-electron chi connectivity index (χ1n) is 8.51. The number of aromatic nitrogens is 3. The van der Waals surface area contributed by atoms with Crippen molar-refractivity contribution in [2.45, 2.75) is 51.5 Å². The number of hydrogen-bond acceptors (Lipinski definition) is 3. The summed E-state index contributed by atoms with van der Waals surface area (Å²) < 4.78 is 1.98. The van der Waals surface area contributed by atoms with Gasteiger partial charge in [-0.25, -0.2) is 9.50 Å². The first-order chi connectivity index (χ1) is 10.7. The number of nitrogens with zero attached hydrogens (tertiary/aromatic N) is 4. The highest BCUT2D eigenvalue weighted by Crippen LogP contribution is 2.41. The lowest BCUT2D eigenvalue weighted by molar-refractivity contribution is 0.306. The Morgan fingerprint density at radius 2 is 2.14 bits per heavy atom. The van der Waals surface area contributed by atoms with Gasteiger partial charge >= 0.3 is 0 Å². The first-order valence-corrected chi connectivity index (χ1v) is 8.88. The lowest BCUT2D eigenvalue weighted by Crippen LogP contribution is -2.22. The largest absolute Gasteiger partial charge is 0.297 e. The number of likely N-dealkylation sites (tertiary alicyclic amines) is 1. The molecule has 2 fully saturated rings. The second-order valence-electron chi connectivity index (χ2n) is 6.82. The standard InChI is InChI=1S/C17H23ClN4/c1-2-3-12-8-9-21(10-12)11-14-17(13-4-5-13)19-16-7-6-15(18)20-22(14)16/h6-7,12-13H,2-5,8-11H2,1H3. The minimum Gasteiger partial charge on any atom is -0.297 e. The van der Waals surface area contributed by atoms with E-state index in [9.17, 15) is 0 Å². The average molecular weight is 319 g/mol. The van der Waals surface area contributed by atoms with Crippen LogP contribution >= 0.6 is 11.6 Å². The Kier molecular flexibility index (Phi) is 3.82. The molecule has 1 aliphatic carbocycles. The molecule has 2 aromatic rings. The zero-order valence-electron chi connectivity index (χ0n) is 13.1. The molecular formula is C17H23ClN4. The molecule has 0 bridgehead atoms. The van der Waals surface area contributed by atoms with Crippen LogP contribution in [0.4, 0.5) is 0 Å². The van der Waals surface area contributed by atoms with Crippen molar-refractivity contribution in [2.75, 3.05) is 13.1 Å². The summed E-state index contributed by atoms with van der Waals surface area (Å²) in [5.41, 5.74) is 3.46. The summed E-state index contributed by atoms with van der Waals surface area (Å²) in [5, 5.41) is 5.04. The Labute approximate surface area is 136 Å². The highest BCUT2D eigenvalue weighted by Gasteiger charge is 2.32. The minimum absolute atomic E-state index is 0.541. The van der Waals surface area contributed by atoms with Crippen molar-refractivity contribution in [3.63, 3.8) is 0 Å². The van der Waals surface area contributed by atoms with Crippen LogP contribution in [0.3, 0.4) is 0 Å². The molecule has 0 N–H and O–H groups in total. The lowest BCUT2D eigenvalue weighted by Gasteiger charge is -2.16. The van der Waals surface area contributed by atoms with Crippen LogP contribution in [0.1, 0.15) is 56.3 Å². The van der Waals surface area contributed by atoms with Gasteiger partial charge in [0.25, 0.3) is 0 Å². The molecule has 3 heterocycles. The van der Waals surface area contributed by atoms with Crippen molar-refractivity contribution >= 4 is 17.2 Å². The second kappa shape index (κ2) is 5.82. The zero-order chi connectivity index (χ0) is 15.1. The highest BCUT2D eigenvalue weighted by molar-refractivity contribution is 6.29. The average Bonchev–Trinajstić information content (AvgIpc) is 3.16. The third-order valence-corrected chi connectivity index (χ3v) is 5.17. The van der Waals surface area contributed by atoms with E-state index in [1.165, 1.54) is 56.6 Å². The number of imidazole rings is 1. The van der Waals surface area contributed by atoms with Gasteiger partial charge in [0.15, 0.2) is 5.65 Å². The van der Waals surface area contributed by atoms with Gasteiger partial charge in [-0.3, -0.25) is 4.90 Å². The van der Waals surface area contributed by atoms with Gasteiger partial charge < -0.3 is 0 Å². The third kappa shape index (κ3) is 2.74. The van der Waals surface area contributed by atoms with E-state index >= 15 is 0 Å². The van der Waals surface area contributed by atoms with Gasteiger partial charge in [0.1, 0.15) is 5.15 Å². The normalized spacial score (nSPS) is 22.7. The van der Waals surface area contributed by atoms with Crippen LogP contribution in [0, 0.1) is 5.92 Å². The van der Waals surface area contributed by atoms with Crippen LogP contribution in [0.2, 0.25) is 5.15 Å². The number of hydrogen-bond donors (Lipinski definition) is 0. The molecular weight excluding hydrogens is 296 g/mol. The summed E-state index contributed by atoms with van der Waals surface area (Å²) in [4.78, 5) is 7.40. The maximum atomic E-state index is 6.10. The first kappa shape index (κ1) is 14.5. The van der Waals surface area contributed by atoms with Gasteiger partial charge in [-0.05, 0) is 50.3 Å². The predicted octanol–water partition coefficient (Wildman–Crippen LogP) is 3.88. The fraction of sp³-hybridized carbons (Fsp3) is 0.647. The van der Waals surface area contributed by atoms with Crippen molar-refractivity contribution in [3.05, 3.63) is 28.7 Å². The van der Waals surface area contributed by atoms with Crippen molar-refractivity contribution < 1.29 is 0 Å². The summed E-state index contributed by atoms with van der Waals surface area (Å²) in [6.07, 6.45) is 6.51. The molecule has 5 heteroatoms. The summed E-state index contributed by atoms with van der Waals surface area (Å²) in [6, 6.07) is 3.81. The maximum absolute atomic E-state index is 6.10. The van der Waals surface area contributed by atoms with Crippen LogP contribution < -0.4 is 0 Å². The maximum Gasteiger partial charge on any atom is 0.154 e. The predicted molar refractivity (Wildman–Crippen MR) is 88.3 cm³/mol. The van der Waals surface area contributed by atoms with E-state index in [0.717, 1.165) is 18.1 Å². The monoisotopic (exact) mass is 318 g/mol. The van der Waals surface area contributed by atoms with Crippen molar-refractivity contribution in [2.24, 2.45) is 5.92 Å². The molecule has 1 unspecified atom stereocenters. The Hall–Kier alpha value is -1.13. The fourth-order valence-electron chi connectivity index (χ4n) is 3.72. The van der Waals surface area contributed by atoms with Crippen LogP contribution in [-0.2, 0) is 6.54 Å². The smallest absolute Gasteiger partial charge is 0.154 e. The lowest BCUT2D eigenvalue weighted by atomic mass is 10.0. The van der Waals surface area contributed by atoms with Crippen LogP contribution in [-0.4, -0.2) is 32.6 Å². The SMILES string of the molecule is CCCC1CCN(Cc2c(C3CC3)nc3ccc(Cl)nn23)C1. The molecule has 4 rings (SSSR count). The van der Waals surface area contributed by atoms with E-state index in [1.807, 2.05) is 16.6 Å². The highest BCUT2D eigenvalue weighted by atomic mass is 35.5. The van der Waals surface area contributed by atoms with E-state index in [2.05, 4.69) is 16.9 Å². The van der Waals surface area contributed by atoms with E-state index in [0.29, 0.717) is 11.1 Å². The summed E-state index contributed by atoms with van der Waals surface area (Å²) in [5.74, 6) is 1.51. The van der Waals surface area contributed by atoms with Crippen molar-refractivity contribution in [1.29, 1.82) is 0 Å². The van der Waals surface area contributed by atoms with Crippen LogP contribution in [0.25, 0.3) is 5.65 Å². The topological polar surface area (TPSA) is 33.4 Å². The molecule has 4 nitrogen and oxygen atoms in total. The molecule has 2 aliphatic rings. The number of fused-ring (bicyclic) bond motifs is 1. The molecule has 0 aromatic carbocycles. The van der Waals surface area contributed by atoms with Gasteiger partial charge in [-0.1, -0.05) is 24.9 Å². The minimum atomic E-state index is 0.541. The van der Waals surface area contributed by atoms with Crippen molar-refractivity contribution in [3.8, 4) is 0 Å². The van der Waals surface area contributed by atoms with E-state index in [-0.39, 0.29) is 0 Å². The second-order valence-corrected chi connectivity index (χ2v) is 7.21. The van der Waals surface area contributed by atoms with Gasteiger partial charge in [0.2, 0.25) is 0 Å². The molecule has 1 saturated carbocycles. The Morgan fingerprint density at radius 3 is 2.91 bits per heavy atom. The molecule has 1 aliphatic heterocycles. The van der Waals surface area contributed by atoms with Gasteiger partial charge in [-0.15, -0.1) is 0 Å². The Morgan fingerprint density at radius 1 is 1.27 bits per heavy atom. The molecule has 118 valence electrons. The van der Waals surface area contributed by atoms with Gasteiger partial charge in [-0.2, -0.15) is 5.10 Å². The summed E-state index contributed by atoms with van der Waals surface area (Å²) >= 11 is 6.10. The summed E-state index contributed by atoms with van der Waals surface area (Å²) in [6.45, 7) is 5.65. The molecule has 0 radical (unpaired) electrons. The van der Waals surface area contributed by atoms with Gasteiger partial charge in [0, 0.05) is 19.0 Å². The van der Waals surface area contributed by atoms with Gasteiger partial charge in [0.05, 0.1) is 11.4 Å².